The summed E-state index contributed by atoms with van der Waals surface area (Å²) in [6.07, 6.45) is 0. The van der Waals surface area contributed by atoms with Crippen molar-refractivity contribution in [1.82, 2.24) is 4.98 Å². The molecule has 0 aliphatic rings. The number of hydrogen-bond acceptors (Lipinski definition) is 6. The molecule has 0 aliphatic heterocycles. The van der Waals surface area contributed by atoms with E-state index in [1.165, 1.54) is 11.3 Å². The standard InChI is InChI=1S/C21H19NO4S/c1-3-25-17-11-9-15(10-12-17)18(23)13-26-21(24)19-14(2)22-20(27-19)16-7-5-4-6-8-16/h4-12H,3,13H2,1-2H3. The number of thiazole rings is 1. The van der Waals surface area contributed by atoms with Gasteiger partial charge in [0.15, 0.2) is 12.4 Å². The van der Waals surface area contributed by atoms with E-state index in [0.29, 0.717) is 28.5 Å². The van der Waals surface area contributed by atoms with Crippen molar-refractivity contribution in [3.05, 3.63) is 70.7 Å². The predicted molar refractivity (Wildman–Crippen MR) is 105 cm³/mol. The summed E-state index contributed by atoms with van der Waals surface area (Å²) in [6.45, 7) is 3.89. The number of aryl methyl sites for hydroxylation is 1. The van der Waals surface area contributed by atoms with Crippen LogP contribution in [0.25, 0.3) is 10.6 Å². The Morgan fingerprint density at radius 3 is 2.41 bits per heavy atom. The lowest BCUT2D eigenvalue weighted by molar-refractivity contribution is 0.0478. The first-order valence-corrected chi connectivity index (χ1v) is 9.36. The van der Waals surface area contributed by atoms with Crippen LogP contribution in [0.1, 0.15) is 32.6 Å². The molecular formula is C21H19NO4S. The van der Waals surface area contributed by atoms with Crippen LogP contribution in [0.4, 0.5) is 0 Å². The van der Waals surface area contributed by atoms with E-state index in [1.54, 1.807) is 31.2 Å². The number of Topliss-reactive ketones (excluding diaryl/α,β-unsaturated/α-hetero) is 1. The van der Waals surface area contributed by atoms with Crippen molar-refractivity contribution in [3.63, 3.8) is 0 Å². The van der Waals surface area contributed by atoms with E-state index >= 15 is 0 Å². The molecule has 0 saturated heterocycles. The molecule has 0 N–H and O–H groups in total. The third-order valence-corrected chi connectivity index (χ3v) is 5.01. The second-order valence-electron chi connectivity index (χ2n) is 5.76. The van der Waals surface area contributed by atoms with Gasteiger partial charge < -0.3 is 9.47 Å². The van der Waals surface area contributed by atoms with Crippen molar-refractivity contribution < 1.29 is 19.1 Å². The minimum atomic E-state index is -0.536. The summed E-state index contributed by atoms with van der Waals surface area (Å²) in [5.41, 5.74) is 2.00. The number of aromatic nitrogens is 1. The second kappa shape index (κ2) is 8.60. The number of rotatable bonds is 7. The highest BCUT2D eigenvalue weighted by molar-refractivity contribution is 7.17. The fourth-order valence-electron chi connectivity index (χ4n) is 2.47. The fourth-order valence-corrected chi connectivity index (χ4v) is 3.44. The quantitative estimate of drug-likeness (QED) is 0.443. The van der Waals surface area contributed by atoms with E-state index in [9.17, 15) is 9.59 Å². The third kappa shape index (κ3) is 4.60. The number of carbonyl (C=O) groups excluding carboxylic acids is 2. The number of nitrogens with zero attached hydrogens (tertiary/aromatic N) is 1. The van der Waals surface area contributed by atoms with Crippen LogP contribution in [-0.4, -0.2) is 30.0 Å². The van der Waals surface area contributed by atoms with Gasteiger partial charge in [-0.05, 0) is 38.1 Å². The molecule has 27 heavy (non-hydrogen) atoms. The summed E-state index contributed by atoms with van der Waals surface area (Å²) < 4.78 is 10.5. The fraction of sp³-hybridized carbons (Fsp3) is 0.190. The maximum absolute atomic E-state index is 12.4. The lowest BCUT2D eigenvalue weighted by atomic mass is 10.1. The number of esters is 1. The van der Waals surface area contributed by atoms with Crippen LogP contribution >= 0.6 is 11.3 Å². The molecule has 0 atom stereocenters. The minimum absolute atomic E-state index is 0.267. The lowest BCUT2D eigenvalue weighted by Gasteiger charge is -2.05. The Morgan fingerprint density at radius 2 is 1.74 bits per heavy atom. The predicted octanol–water partition coefficient (Wildman–Crippen LogP) is 4.56. The van der Waals surface area contributed by atoms with Crippen LogP contribution in [0.3, 0.4) is 0 Å². The van der Waals surface area contributed by atoms with E-state index in [4.69, 9.17) is 9.47 Å². The molecule has 0 radical (unpaired) electrons. The van der Waals surface area contributed by atoms with Crippen LogP contribution in [0.5, 0.6) is 5.75 Å². The smallest absolute Gasteiger partial charge is 0.350 e. The van der Waals surface area contributed by atoms with Crippen molar-refractivity contribution in [2.24, 2.45) is 0 Å². The second-order valence-corrected chi connectivity index (χ2v) is 6.76. The molecule has 0 aliphatic carbocycles. The highest BCUT2D eigenvalue weighted by Crippen LogP contribution is 2.28. The van der Waals surface area contributed by atoms with Gasteiger partial charge in [0.2, 0.25) is 0 Å². The van der Waals surface area contributed by atoms with E-state index in [0.717, 1.165) is 10.6 Å². The zero-order valence-electron chi connectivity index (χ0n) is 15.1. The molecule has 0 amide bonds. The summed E-state index contributed by atoms with van der Waals surface area (Å²) in [5.74, 6) is -0.108. The van der Waals surface area contributed by atoms with Gasteiger partial charge in [0, 0.05) is 11.1 Å². The first-order valence-electron chi connectivity index (χ1n) is 8.54. The van der Waals surface area contributed by atoms with E-state index in [2.05, 4.69) is 4.98 Å². The summed E-state index contributed by atoms with van der Waals surface area (Å²) in [6, 6.07) is 16.4. The zero-order chi connectivity index (χ0) is 19.2. The summed E-state index contributed by atoms with van der Waals surface area (Å²) >= 11 is 1.26. The Balaban J connectivity index is 1.64. The van der Waals surface area contributed by atoms with Gasteiger partial charge in [-0.2, -0.15) is 0 Å². The molecule has 0 unspecified atom stereocenters. The third-order valence-electron chi connectivity index (χ3n) is 3.82. The first kappa shape index (κ1) is 18.8. The van der Waals surface area contributed by atoms with Gasteiger partial charge in [0.1, 0.15) is 15.6 Å². The van der Waals surface area contributed by atoms with Crippen LogP contribution < -0.4 is 4.74 Å². The number of ketones is 1. The molecule has 1 heterocycles. The highest BCUT2D eigenvalue weighted by atomic mass is 32.1. The van der Waals surface area contributed by atoms with Crippen LogP contribution in [0, 0.1) is 6.92 Å². The molecule has 1 aromatic heterocycles. The van der Waals surface area contributed by atoms with E-state index < -0.39 is 5.97 Å². The van der Waals surface area contributed by atoms with Crippen LogP contribution in [0.15, 0.2) is 54.6 Å². The van der Waals surface area contributed by atoms with E-state index in [1.807, 2.05) is 37.3 Å². The van der Waals surface area contributed by atoms with Crippen molar-refractivity contribution in [3.8, 4) is 16.3 Å². The molecule has 3 aromatic rings. The molecule has 0 saturated carbocycles. The Labute approximate surface area is 161 Å². The van der Waals surface area contributed by atoms with Gasteiger partial charge >= 0.3 is 5.97 Å². The topological polar surface area (TPSA) is 65.5 Å². The highest BCUT2D eigenvalue weighted by Gasteiger charge is 2.19. The van der Waals surface area contributed by atoms with Gasteiger partial charge in [-0.25, -0.2) is 9.78 Å². The van der Waals surface area contributed by atoms with Crippen molar-refractivity contribution in [2.45, 2.75) is 13.8 Å². The van der Waals surface area contributed by atoms with E-state index in [-0.39, 0.29) is 12.4 Å². The monoisotopic (exact) mass is 381 g/mol. The van der Waals surface area contributed by atoms with Crippen molar-refractivity contribution >= 4 is 23.1 Å². The molecule has 0 fully saturated rings. The average molecular weight is 381 g/mol. The van der Waals surface area contributed by atoms with Gasteiger partial charge in [-0.3, -0.25) is 4.79 Å². The molecule has 138 valence electrons. The minimum Gasteiger partial charge on any atom is -0.494 e. The van der Waals surface area contributed by atoms with Crippen molar-refractivity contribution in [1.29, 1.82) is 0 Å². The summed E-state index contributed by atoms with van der Waals surface area (Å²) in [7, 11) is 0. The Hall–Kier alpha value is -2.99. The van der Waals surface area contributed by atoms with Gasteiger partial charge in [0.25, 0.3) is 0 Å². The van der Waals surface area contributed by atoms with Gasteiger partial charge in [-0.1, -0.05) is 30.3 Å². The van der Waals surface area contributed by atoms with Gasteiger partial charge in [0.05, 0.1) is 12.3 Å². The molecule has 6 heteroatoms. The van der Waals surface area contributed by atoms with Gasteiger partial charge in [-0.15, -0.1) is 11.3 Å². The zero-order valence-corrected chi connectivity index (χ0v) is 15.9. The maximum atomic E-state index is 12.4. The molecule has 2 aromatic carbocycles. The van der Waals surface area contributed by atoms with Crippen LogP contribution in [0.2, 0.25) is 0 Å². The van der Waals surface area contributed by atoms with Crippen molar-refractivity contribution in [2.75, 3.05) is 13.2 Å². The summed E-state index contributed by atoms with van der Waals surface area (Å²) in [4.78, 5) is 29.4. The molecule has 5 nitrogen and oxygen atoms in total. The molecule has 3 rings (SSSR count). The first-order chi connectivity index (χ1) is 13.1. The normalized spacial score (nSPS) is 10.4. The molecule has 0 spiro atoms. The van der Waals surface area contributed by atoms with Crippen LogP contribution in [-0.2, 0) is 4.74 Å². The SMILES string of the molecule is CCOc1ccc(C(=O)COC(=O)c2sc(-c3ccccc3)nc2C)cc1. The number of benzene rings is 2. The Bertz CT molecular complexity index is 933. The maximum Gasteiger partial charge on any atom is 0.350 e. The molecular weight excluding hydrogens is 362 g/mol. The number of carbonyl (C=O) groups is 2. The largest absolute Gasteiger partial charge is 0.494 e. The molecule has 0 bridgehead atoms. The number of ether oxygens (including phenoxy) is 2. The number of hydrogen-bond donors (Lipinski definition) is 0. The summed E-state index contributed by atoms with van der Waals surface area (Å²) in [5, 5.41) is 0.748. The average Bonchev–Trinajstić information content (AvgIpc) is 3.09. The Kier molecular flexibility index (Phi) is 5.98. The lowest BCUT2D eigenvalue weighted by Crippen LogP contribution is -2.14. The Morgan fingerprint density at radius 1 is 1.04 bits per heavy atom.